The van der Waals surface area contributed by atoms with Crippen LogP contribution in [0.25, 0.3) is 0 Å². The van der Waals surface area contributed by atoms with Crippen LogP contribution in [-0.2, 0) is 19.1 Å². The summed E-state index contributed by atoms with van der Waals surface area (Å²) in [7, 11) is 0. The number of fused-ring (bicyclic) bond motifs is 5. The highest BCUT2D eigenvalue weighted by Crippen LogP contribution is 2.68. The van der Waals surface area contributed by atoms with Gasteiger partial charge in [-0.1, -0.05) is 29.8 Å². The number of hydrogen-bond acceptors (Lipinski definition) is 5. The molecule has 164 valence electrons. The molecule has 4 fully saturated rings. The largest absolute Gasteiger partial charge is 0.462 e. The number of esters is 2. The predicted octanol–water partition coefficient (Wildman–Crippen LogP) is 4.38. The van der Waals surface area contributed by atoms with E-state index in [0.717, 1.165) is 44.9 Å². The van der Waals surface area contributed by atoms with Crippen LogP contribution in [0.2, 0.25) is 0 Å². The molecule has 0 spiro atoms. The Hall–Kier alpha value is -0.620. The molecule has 0 aromatic rings. The van der Waals surface area contributed by atoms with Crippen molar-refractivity contribution in [3.63, 3.8) is 0 Å². The van der Waals surface area contributed by atoms with Crippen molar-refractivity contribution in [2.24, 2.45) is 28.6 Å². The number of hydrogen-bond donors (Lipinski definition) is 1. The van der Waals surface area contributed by atoms with Crippen LogP contribution >= 0.6 is 15.9 Å². The quantitative estimate of drug-likeness (QED) is 0.478. The molecule has 4 rings (SSSR count). The summed E-state index contributed by atoms with van der Waals surface area (Å²) in [6.45, 7) is 7.49. The van der Waals surface area contributed by atoms with Gasteiger partial charge in [0.15, 0.2) is 0 Å². The number of ether oxygens (including phenoxy) is 2. The second-order valence-electron chi connectivity index (χ2n) is 10.6. The maximum atomic E-state index is 12.0. The highest BCUT2D eigenvalue weighted by molar-refractivity contribution is 9.09. The number of alkyl halides is 1. The first-order valence-corrected chi connectivity index (χ1v) is 12.2. The zero-order valence-electron chi connectivity index (χ0n) is 18.1. The summed E-state index contributed by atoms with van der Waals surface area (Å²) >= 11 is 3.69. The van der Waals surface area contributed by atoms with Gasteiger partial charge >= 0.3 is 11.9 Å². The highest BCUT2D eigenvalue weighted by Gasteiger charge is 2.68. The molecule has 0 bridgehead atoms. The maximum absolute atomic E-state index is 12.0. The Morgan fingerprint density at radius 3 is 2.24 bits per heavy atom. The van der Waals surface area contributed by atoms with Crippen LogP contribution in [0.4, 0.5) is 0 Å². The van der Waals surface area contributed by atoms with Crippen molar-refractivity contribution in [3.8, 4) is 0 Å². The Labute approximate surface area is 182 Å². The normalized spacial score (nSPS) is 51.4. The standard InChI is InChI=1S/C23H35BrO5/c1-13(25)28-19-6-5-16-15-7-12-23(27)20(29-14(2)26)18(24)9-11-22(23,4)17(15)8-10-21(16,19)3/h15-20,27H,5-12H2,1-4H3/t15-,16-,17-,18+,19-,20-,21-,22+,23-/m0/s1. The third-order valence-corrected chi connectivity index (χ3v) is 10.3. The van der Waals surface area contributed by atoms with Crippen LogP contribution in [0.1, 0.15) is 79.1 Å². The van der Waals surface area contributed by atoms with E-state index in [4.69, 9.17) is 9.47 Å². The van der Waals surface area contributed by atoms with E-state index in [-0.39, 0.29) is 33.7 Å². The fraction of sp³-hybridized carbons (Fsp3) is 0.913. The summed E-state index contributed by atoms with van der Waals surface area (Å²) in [6.07, 6.45) is 7.08. The smallest absolute Gasteiger partial charge is 0.303 e. The summed E-state index contributed by atoms with van der Waals surface area (Å²) < 4.78 is 11.4. The van der Waals surface area contributed by atoms with Crippen molar-refractivity contribution in [1.82, 2.24) is 0 Å². The number of aliphatic hydroxyl groups is 1. The van der Waals surface area contributed by atoms with E-state index in [9.17, 15) is 14.7 Å². The Kier molecular flexibility index (Phi) is 5.38. The van der Waals surface area contributed by atoms with Gasteiger partial charge in [0.25, 0.3) is 0 Å². The van der Waals surface area contributed by atoms with E-state index in [2.05, 4.69) is 29.8 Å². The van der Waals surface area contributed by atoms with Crippen LogP contribution in [-0.4, -0.2) is 39.7 Å². The van der Waals surface area contributed by atoms with Crippen molar-refractivity contribution >= 4 is 27.9 Å². The summed E-state index contributed by atoms with van der Waals surface area (Å²) in [4.78, 5) is 23.4. The van der Waals surface area contributed by atoms with Gasteiger partial charge in [0.1, 0.15) is 17.8 Å². The molecule has 0 aromatic heterocycles. The van der Waals surface area contributed by atoms with Crippen LogP contribution in [0, 0.1) is 28.6 Å². The molecule has 29 heavy (non-hydrogen) atoms. The Morgan fingerprint density at radius 2 is 1.59 bits per heavy atom. The molecular formula is C23H35BrO5. The lowest BCUT2D eigenvalue weighted by atomic mass is 9.43. The third kappa shape index (κ3) is 3.10. The van der Waals surface area contributed by atoms with E-state index in [1.807, 2.05) is 0 Å². The summed E-state index contributed by atoms with van der Waals surface area (Å²) in [6, 6.07) is 0. The molecule has 0 aliphatic heterocycles. The van der Waals surface area contributed by atoms with Crippen LogP contribution in [0.3, 0.4) is 0 Å². The van der Waals surface area contributed by atoms with Gasteiger partial charge in [-0.05, 0) is 69.1 Å². The second-order valence-corrected chi connectivity index (χ2v) is 11.7. The molecule has 0 aromatic carbocycles. The van der Waals surface area contributed by atoms with E-state index in [1.54, 1.807) is 0 Å². The third-order valence-electron chi connectivity index (χ3n) is 9.36. The molecule has 4 saturated carbocycles. The molecule has 0 unspecified atom stereocenters. The average Bonchev–Trinajstić information content (AvgIpc) is 2.96. The molecule has 9 atom stereocenters. The molecular weight excluding hydrogens is 436 g/mol. The average molecular weight is 471 g/mol. The van der Waals surface area contributed by atoms with Crippen LogP contribution in [0.5, 0.6) is 0 Å². The number of carbonyl (C=O) groups is 2. The molecule has 4 aliphatic carbocycles. The Balaban J connectivity index is 1.63. The molecule has 4 aliphatic rings. The first-order valence-electron chi connectivity index (χ1n) is 11.2. The zero-order valence-corrected chi connectivity index (χ0v) is 19.7. The van der Waals surface area contributed by atoms with Crippen molar-refractivity contribution in [2.45, 2.75) is 102 Å². The lowest BCUT2D eigenvalue weighted by Gasteiger charge is -2.65. The van der Waals surface area contributed by atoms with Gasteiger partial charge in [-0.15, -0.1) is 0 Å². The van der Waals surface area contributed by atoms with Gasteiger partial charge in [0, 0.05) is 24.7 Å². The summed E-state index contributed by atoms with van der Waals surface area (Å²) in [5, 5.41) is 12.0. The first kappa shape index (κ1) is 21.6. The van der Waals surface area contributed by atoms with Crippen LogP contribution in [0.15, 0.2) is 0 Å². The molecule has 1 N–H and O–H groups in total. The van der Waals surface area contributed by atoms with Gasteiger partial charge < -0.3 is 14.6 Å². The minimum absolute atomic E-state index is 0.00490. The van der Waals surface area contributed by atoms with Gasteiger partial charge in [0.2, 0.25) is 0 Å². The first-order chi connectivity index (χ1) is 13.5. The zero-order chi connectivity index (χ0) is 21.2. The topological polar surface area (TPSA) is 72.8 Å². The lowest BCUT2D eigenvalue weighted by molar-refractivity contribution is -0.250. The van der Waals surface area contributed by atoms with Gasteiger partial charge in [-0.3, -0.25) is 9.59 Å². The second kappa shape index (κ2) is 7.22. The van der Waals surface area contributed by atoms with Crippen molar-refractivity contribution < 1.29 is 24.2 Å². The minimum Gasteiger partial charge on any atom is -0.462 e. The van der Waals surface area contributed by atoms with Crippen LogP contribution < -0.4 is 0 Å². The monoisotopic (exact) mass is 470 g/mol. The number of carbonyl (C=O) groups excluding carboxylic acids is 2. The Morgan fingerprint density at radius 1 is 0.897 bits per heavy atom. The van der Waals surface area contributed by atoms with E-state index in [1.165, 1.54) is 13.8 Å². The molecule has 0 radical (unpaired) electrons. The number of rotatable bonds is 2. The molecule has 6 heteroatoms. The SMILES string of the molecule is CC(=O)O[C@H]1CC[C@H]2[C@@H]3CC[C@]4(O)[C@@H](OC(C)=O)[C@H](Br)CC[C@]4(C)[C@H]3CC[C@]12C. The van der Waals surface area contributed by atoms with Gasteiger partial charge in [-0.25, -0.2) is 0 Å². The maximum Gasteiger partial charge on any atom is 0.303 e. The summed E-state index contributed by atoms with van der Waals surface area (Å²) in [5.74, 6) is 0.970. The fourth-order valence-corrected chi connectivity index (χ4v) is 8.70. The lowest BCUT2D eigenvalue weighted by Crippen LogP contribution is -2.69. The molecule has 5 nitrogen and oxygen atoms in total. The van der Waals surface area contributed by atoms with Crippen molar-refractivity contribution in [1.29, 1.82) is 0 Å². The van der Waals surface area contributed by atoms with Crippen molar-refractivity contribution in [2.75, 3.05) is 0 Å². The highest BCUT2D eigenvalue weighted by atomic mass is 79.9. The molecule has 0 saturated heterocycles. The predicted molar refractivity (Wildman–Crippen MR) is 112 cm³/mol. The molecule has 0 heterocycles. The molecule has 0 amide bonds. The minimum atomic E-state index is -0.992. The fourth-order valence-electron chi connectivity index (χ4n) is 7.93. The van der Waals surface area contributed by atoms with Gasteiger partial charge in [0.05, 0.1) is 4.83 Å². The van der Waals surface area contributed by atoms with Gasteiger partial charge in [-0.2, -0.15) is 0 Å². The summed E-state index contributed by atoms with van der Waals surface area (Å²) in [5.41, 5.74) is -1.21. The van der Waals surface area contributed by atoms with E-state index in [0.29, 0.717) is 24.2 Å². The number of halogens is 1. The van der Waals surface area contributed by atoms with E-state index >= 15 is 0 Å². The Bertz CT molecular complexity index is 697. The van der Waals surface area contributed by atoms with Crippen molar-refractivity contribution in [3.05, 3.63) is 0 Å². The van der Waals surface area contributed by atoms with E-state index < -0.39 is 11.7 Å².